The molecule has 0 bridgehead atoms. The van der Waals surface area contributed by atoms with Crippen molar-refractivity contribution in [1.29, 1.82) is 0 Å². The first kappa shape index (κ1) is 15.0. The van der Waals surface area contributed by atoms with Gasteiger partial charge in [0.2, 0.25) is 5.91 Å². The molecule has 4 heteroatoms. The van der Waals surface area contributed by atoms with Crippen LogP contribution < -0.4 is 10.6 Å². The van der Waals surface area contributed by atoms with E-state index in [0.717, 1.165) is 11.6 Å². The van der Waals surface area contributed by atoms with Crippen LogP contribution in [0.25, 0.3) is 0 Å². The second kappa shape index (κ2) is 7.39. The summed E-state index contributed by atoms with van der Waals surface area (Å²) >= 11 is 5.84. The van der Waals surface area contributed by atoms with Crippen LogP contribution in [0, 0.1) is 5.92 Å². The number of nitrogens with one attached hydrogen (secondary N) is 2. The van der Waals surface area contributed by atoms with Crippen molar-refractivity contribution < 1.29 is 4.79 Å². The molecule has 0 heterocycles. The van der Waals surface area contributed by atoms with E-state index in [1.807, 2.05) is 38.1 Å². The van der Waals surface area contributed by atoms with Gasteiger partial charge in [0.1, 0.15) is 0 Å². The summed E-state index contributed by atoms with van der Waals surface area (Å²) in [5.41, 5.74) is 1.19. The highest BCUT2D eigenvalue weighted by Gasteiger charge is 2.06. The van der Waals surface area contributed by atoms with Crippen LogP contribution in [0.5, 0.6) is 0 Å². The lowest BCUT2D eigenvalue weighted by Gasteiger charge is -2.15. The van der Waals surface area contributed by atoms with Crippen LogP contribution in [-0.4, -0.2) is 19.0 Å². The molecule has 0 aromatic heterocycles. The summed E-state index contributed by atoms with van der Waals surface area (Å²) in [7, 11) is 0. The molecule has 18 heavy (non-hydrogen) atoms. The third-order valence-electron chi connectivity index (χ3n) is 2.77. The summed E-state index contributed by atoms with van der Waals surface area (Å²) in [6.45, 7) is 7.27. The predicted molar refractivity (Wildman–Crippen MR) is 75.7 cm³/mol. The molecule has 1 aromatic carbocycles. The Bertz CT molecular complexity index is 376. The van der Waals surface area contributed by atoms with Gasteiger partial charge in [0, 0.05) is 30.1 Å². The highest BCUT2D eigenvalue weighted by Crippen LogP contribution is 2.15. The van der Waals surface area contributed by atoms with Gasteiger partial charge in [0.25, 0.3) is 0 Å². The maximum absolute atomic E-state index is 11.3. The predicted octanol–water partition coefficient (Wildman–Crippen LogP) is 2.76. The molecule has 1 atom stereocenters. The Morgan fingerprint density at radius 3 is 2.33 bits per heavy atom. The van der Waals surface area contributed by atoms with Gasteiger partial charge in [-0.3, -0.25) is 4.79 Å². The smallest absolute Gasteiger partial charge is 0.222 e. The van der Waals surface area contributed by atoms with Crippen molar-refractivity contribution in [3.05, 3.63) is 34.9 Å². The van der Waals surface area contributed by atoms with Crippen molar-refractivity contribution in [2.75, 3.05) is 13.1 Å². The van der Waals surface area contributed by atoms with Crippen LogP contribution in [-0.2, 0) is 4.79 Å². The van der Waals surface area contributed by atoms with Gasteiger partial charge in [-0.1, -0.05) is 37.6 Å². The number of halogens is 1. The summed E-state index contributed by atoms with van der Waals surface area (Å²) in [5, 5.41) is 6.98. The van der Waals surface area contributed by atoms with Gasteiger partial charge < -0.3 is 10.6 Å². The van der Waals surface area contributed by atoms with Crippen LogP contribution in [0.4, 0.5) is 0 Å². The van der Waals surface area contributed by atoms with Crippen molar-refractivity contribution >= 4 is 17.5 Å². The Morgan fingerprint density at radius 1 is 1.17 bits per heavy atom. The standard InChI is InChI=1S/C14H21ClN2O/c1-10(2)14(18)17-9-8-16-11(3)12-4-6-13(15)7-5-12/h4-7,10-11,16H,8-9H2,1-3H3,(H,17,18). The second-order valence-electron chi connectivity index (χ2n) is 4.67. The van der Waals surface area contributed by atoms with Crippen molar-refractivity contribution in [3.8, 4) is 0 Å². The highest BCUT2D eigenvalue weighted by atomic mass is 35.5. The molecule has 1 unspecified atom stereocenters. The minimum atomic E-state index is 0.0405. The minimum Gasteiger partial charge on any atom is -0.355 e. The molecule has 0 radical (unpaired) electrons. The number of benzene rings is 1. The minimum absolute atomic E-state index is 0.0405. The van der Waals surface area contributed by atoms with E-state index in [0.29, 0.717) is 6.54 Å². The number of rotatable bonds is 6. The Balaban J connectivity index is 2.27. The van der Waals surface area contributed by atoms with Crippen LogP contribution in [0.1, 0.15) is 32.4 Å². The molecule has 3 nitrogen and oxygen atoms in total. The maximum Gasteiger partial charge on any atom is 0.222 e. The normalized spacial score (nSPS) is 12.5. The first-order chi connectivity index (χ1) is 8.50. The van der Waals surface area contributed by atoms with Gasteiger partial charge in [-0.15, -0.1) is 0 Å². The SMILES string of the molecule is CC(C)C(=O)NCCNC(C)c1ccc(Cl)cc1. The topological polar surface area (TPSA) is 41.1 Å². The van der Waals surface area contributed by atoms with Crippen molar-refractivity contribution in [2.45, 2.75) is 26.8 Å². The van der Waals surface area contributed by atoms with E-state index >= 15 is 0 Å². The Labute approximate surface area is 114 Å². The van der Waals surface area contributed by atoms with Crippen molar-refractivity contribution in [2.24, 2.45) is 5.92 Å². The Kier molecular flexibility index (Phi) is 6.16. The van der Waals surface area contributed by atoms with Crippen molar-refractivity contribution in [3.63, 3.8) is 0 Å². The number of carbonyl (C=O) groups is 1. The summed E-state index contributed by atoms with van der Waals surface area (Å²) in [6, 6.07) is 8.03. The zero-order valence-corrected chi connectivity index (χ0v) is 11.9. The van der Waals surface area contributed by atoms with E-state index in [1.54, 1.807) is 0 Å². The molecule has 1 rings (SSSR count). The number of hydrogen-bond donors (Lipinski definition) is 2. The fraction of sp³-hybridized carbons (Fsp3) is 0.500. The van der Waals surface area contributed by atoms with Gasteiger partial charge in [-0.25, -0.2) is 0 Å². The zero-order valence-electron chi connectivity index (χ0n) is 11.2. The zero-order chi connectivity index (χ0) is 13.5. The molecule has 1 aromatic rings. The van der Waals surface area contributed by atoms with Gasteiger partial charge >= 0.3 is 0 Å². The first-order valence-corrected chi connectivity index (χ1v) is 6.65. The Hall–Kier alpha value is -1.06. The molecule has 100 valence electrons. The third kappa shape index (κ3) is 5.07. The van der Waals surface area contributed by atoms with E-state index in [2.05, 4.69) is 17.6 Å². The van der Waals surface area contributed by atoms with Crippen molar-refractivity contribution in [1.82, 2.24) is 10.6 Å². The van der Waals surface area contributed by atoms with E-state index < -0.39 is 0 Å². The quantitative estimate of drug-likeness (QED) is 0.779. The van der Waals surface area contributed by atoms with Crippen LogP contribution in [0.2, 0.25) is 5.02 Å². The third-order valence-corrected chi connectivity index (χ3v) is 3.02. The molecule has 0 aliphatic heterocycles. The lowest BCUT2D eigenvalue weighted by molar-refractivity contribution is -0.123. The summed E-state index contributed by atoms with van der Waals surface area (Å²) < 4.78 is 0. The molecule has 0 saturated heterocycles. The van der Waals surface area contributed by atoms with Gasteiger partial charge in [-0.05, 0) is 24.6 Å². The summed E-state index contributed by atoms with van der Waals surface area (Å²) in [4.78, 5) is 11.3. The van der Waals surface area contributed by atoms with Gasteiger partial charge in [0.15, 0.2) is 0 Å². The molecule has 0 aliphatic rings. The van der Waals surface area contributed by atoms with E-state index in [-0.39, 0.29) is 17.9 Å². The fourth-order valence-corrected chi connectivity index (χ4v) is 1.67. The molecule has 0 aliphatic carbocycles. The summed E-state index contributed by atoms with van der Waals surface area (Å²) in [6.07, 6.45) is 0. The number of amides is 1. The molecule has 1 amide bonds. The van der Waals surface area contributed by atoms with Crippen LogP contribution >= 0.6 is 11.6 Å². The number of carbonyl (C=O) groups excluding carboxylic acids is 1. The average Bonchev–Trinajstić information content (AvgIpc) is 2.34. The molecule has 0 spiro atoms. The second-order valence-corrected chi connectivity index (χ2v) is 5.11. The first-order valence-electron chi connectivity index (χ1n) is 6.27. The average molecular weight is 269 g/mol. The van der Waals surface area contributed by atoms with Crippen LogP contribution in [0.3, 0.4) is 0 Å². The van der Waals surface area contributed by atoms with E-state index in [4.69, 9.17) is 11.6 Å². The van der Waals surface area contributed by atoms with E-state index in [1.165, 1.54) is 5.56 Å². The maximum atomic E-state index is 11.3. The lowest BCUT2D eigenvalue weighted by atomic mass is 10.1. The van der Waals surface area contributed by atoms with E-state index in [9.17, 15) is 4.79 Å². The highest BCUT2D eigenvalue weighted by molar-refractivity contribution is 6.30. The molecule has 0 saturated carbocycles. The lowest BCUT2D eigenvalue weighted by Crippen LogP contribution is -2.35. The van der Waals surface area contributed by atoms with Gasteiger partial charge in [0.05, 0.1) is 0 Å². The molecular weight excluding hydrogens is 248 g/mol. The van der Waals surface area contributed by atoms with Gasteiger partial charge in [-0.2, -0.15) is 0 Å². The summed E-state index contributed by atoms with van der Waals surface area (Å²) in [5.74, 6) is 0.134. The fourth-order valence-electron chi connectivity index (χ4n) is 1.55. The number of hydrogen-bond acceptors (Lipinski definition) is 2. The molecule has 2 N–H and O–H groups in total. The molecule has 0 fully saturated rings. The van der Waals surface area contributed by atoms with Crippen LogP contribution in [0.15, 0.2) is 24.3 Å². The Morgan fingerprint density at radius 2 is 1.78 bits per heavy atom. The molecular formula is C14H21ClN2O. The monoisotopic (exact) mass is 268 g/mol. The largest absolute Gasteiger partial charge is 0.355 e.